The van der Waals surface area contributed by atoms with Crippen molar-refractivity contribution < 1.29 is 9.53 Å². The topological polar surface area (TPSA) is 56.1 Å². The number of anilines is 1. The Hall–Kier alpha value is -1.79. The molecule has 0 fully saturated rings. The van der Waals surface area contributed by atoms with E-state index in [1.807, 2.05) is 25.1 Å². The van der Waals surface area contributed by atoms with Crippen LogP contribution in [0.15, 0.2) is 29.4 Å². The molecule has 0 saturated heterocycles. The van der Waals surface area contributed by atoms with Gasteiger partial charge in [0, 0.05) is 25.0 Å². The van der Waals surface area contributed by atoms with Gasteiger partial charge in [-0.15, -0.1) is 0 Å². The number of nitrogens with one attached hydrogen (secondary N) is 1. The van der Waals surface area contributed by atoms with Gasteiger partial charge in [0.1, 0.15) is 0 Å². The number of carbonyl (C=O) groups is 1. The Morgan fingerprint density at radius 1 is 1.38 bits per heavy atom. The van der Waals surface area contributed by atoms with Crippen LogP contribution in [0, 0.1) is 13.8 Å². The molecule has 2 heterocycles. The third kappa shape index (κ3) is 3.49. The molecular formula is C18H23N3O2S. The van der Waals surface area contributed by atoms with Crippen LogP contribution in [-0.2, 0) is 22.5 Å². The highest BCUT2D eigenvalue weighted by atomic mass is 32.2. The van der Waals surface area contributed by atoms with E-state index in [1.54, 1.807) is 18.9 Å². The van der Waals surface area contributed by atoms with Crippen molar-refractivity contribution in [2.24, 2.45) is 0 Å². The van der Waals surface area contributed by atoms with Crippen molar-refractivity contribution in [1.29, 1.82) is 0 Å². The number of ether oxygens (including phenoxy) is 1. The Kier molecular flexibility index (Phi) is 5.26. The first-order chi connectivity index (χ1) is 11.6. The molecule has 0 unspecified atom stereocenters. The van der Waals surface area contributed by atoms with Crippen molar-refractivity contribution in [2.45, 2.75) is 43.6 Å². The molecule has 0 bridgehead atoms. The zero-order valence-electron chi connectivity index (χ0n) is 14.3. The average Bonchev–Trinajstić information content (AvgIpc) is 2.74. The first-order valence-corrected chi connectivity index (χ1v) is 9.06. The number of para-hydroxylation sites is 1. The molecule has 1 N–H and O–H groups in total. The lowest BCUT2D eigenvalue weighted by molar-refractivity contribution is -0.115. The largest absolute Gasteiger partial charge is 0.383 e. The highest BCUT2D eigenvalue weighted by Gasteiger charge is 2.26. The molecule has 0 saturated carbocycles. The molecule has 1 amide bonds. The fraction of sp³-hybridized carbons (Fsp3) is 0.444. The molecule has 1 aliphatic rings. The number of carbonyl (C=O) groups excluding carboxylic acids is 1. The summed E-state index contributed by atoms with van der Waals surface area (Å²) in [6, 6.07) is 8.02. The van der Waals surface area contributed by atoms with Crippen LogP contribution in [0.3, 0.4) is 0 Å². The SMILES string of the molecule is COCCn1c(S[C@@H]2CCc3ccccc3NC2=O)nc(C)c1C. The van der Waals surface area contributed by atoms with E-state index in [4.69, 9.17) is 4.74 Å². The number of aromatic nitrogens is 2. The van der Waals surface area contributed by atoms with Crippen LogP contribution in [-0.4, -0.2) is 34.4 Å². The van der Waals surface area contributed by atoms with E-state index < -0.39 is 0 Å². The summed E-state index contributed by atoms with van der Waals surface area (Å²) in [5.41, 5.74) is 4.27. The van der Waals surface area contributed by atoms with Crippen LogP contribution in [0.25, 0.3) is 0 Å². The standard InChI is InChI=1S/C18H23N3O2S/c1-12-13(2)21(10-11-23-3)18(19-12)24-16-9-8-14-6-4-5-7-15(14)20-17(16)22/h4-7,16H,8-11H2,1-3H3,(H,20,22)/t16-/m1/s1. The highest BCUT2D eigenvalue weighted by molar-refractivity contribution is 8.00. The molecule has 2 aromatic rings. The van der Waals surface area contributed by atoms with E-state index in [-0.39, 0.29) is 11.2 Å². The molecule has 5 nitrogen and oxygen atoms in total. The van der Waals surface area contributed by atoms with Gasteiger partial charge >= 0.3 is 0 Å². The van der Waals surface area contributed by atoms with Gasteiger partial charge in [0.15, 0.2) is 5.16 Å². The summed E-state index contributed by atoms with van der Waals surface area (Å²) in [6.45, 7) is 5.45. The molecule has 1 aliphatic heterocycles. The van der Waals surface area contributed by atoms with Gasteiger partial charge < -0.3 is 14.6 Å². The third-order valence-electron chi connectivity index (χ3n) is 4.43. The zero-order valence-corrected chi connectivity index (χ0v) is 15.2. The Labute approximate surface area is 146 Å². The van der Waals surface area contributed by atoms with Crippen LogP contribution < -0.4 is 5.32 Å². The smallest absolute Gasteiger partial charge is 0.237 e. The number of imidazole rings is 1. The van der Waals surface area contributed by atoms with Gasteiger partial charge in [0.05, 0.1) is 17.6 Å². The molecule has 6 heteroatoms. The maximum absolute atomic E-state index is 12.6. The van der Waals surface area contributed by atoms with E-state index in [9.17, 15) is 4.79 Å². The Balaban J connectivity index is 1.79. The fourth-order valence-electron chi connectivity index (χ4n) is 2.89. The van der Waals surface area contributed by atoms with Crippen molar-refractivity contribution >= 4 is 23.4 Å². The number of methoxy groups -OCH3 is 1. The quantitative estimate of drug-likeness (QED) is 0.904. The minimum atomic E-state index is -0.139. The van der Waals surface area contributed by atoms with E-state index in [0.29, 0.717) is 6.61 Å². The van der Waals surface area contributed by atoms with Crippen LogP contribution in [0.4, 0.5) is 5.69 Å². The first kappa shape index (κ1) is 17.0. The number of benzene rings is 1. The lowest BCUT2D eigenvalue weighted by Crippen LogP contribution is -2.24. The van der Waals surface area contributed by atoms with Crippen molar-refractivity contribution in [3.05, 3.63) is 41.2 Å². The number of aryl methyl sites for hydroxylation is 2. The molecular weight excluding hydrogens is 322 g/mol. The minimum Gasteiger partial charge on any atom is -0.383 e. The maximum atomic E-state index is 12.6. The van der Waals surface area contributed by atoms with E-state index in [2.05, 4.69) is 27.9 Å². The normalized spacial score (nSPS) is 17.3. The summed E-state index contributed by atoms with van der Waals surface area (Å²) >= 11 is 1.55. The molecule has 0 spiro atoms. The molecule has 3 rings (SSSR count). The van der Waals surface area contributed by atoms with E-state index in [1.165, 1.54) is 5.56 Å². The van der Waals surface area contributed by atoms with Gasteiger partial charge in [0.25, 0.3) is 0 Å². The first-order valence-electron chi connectivity index (χ1n) is 8.18. The minimum absolute atomic E-state index is 0.0570. The molecule has 128 valence electrons. The predicted molar refractivity (Wildman–Crippen MR) is 96.6 cm³/mol. The second-order valence-electron chi connectivity index (χ2n) is 6.00. The van der Waals surface area contributed by atoms with Crippen LogP contribution in [0.2, 0.25) is 0 Å². The Morgan fingerprint density at radius 3 is 2.96 bits per heavy atom. The van der Waals surface area contributed by atoms with Gasteiger partial charge in [0.2, 0.25) is 5.91 Å². The lowest BCUT2D eigenvalue weighted by Gasteiger charge is -2.14. The Morgan fingerprint density at radius 2 is 2.17 bits per heavy atom. The summed E-state index contributed by atoms with van der Waals surface area (Å²) in [5.74, 6) is 0.0570. The van der Waals surface area contributed by atoms with Crippen molar-refractivity contribution in [3.63, 3.8) is 0 Å². The number of fused-ring (bicyclic) bond motifs is 1. The van der Waals surface area contributed by atoms with E-state index >= 15 is 0 Å². The van der Waals surface area contributed by atoms with Gasteiger partial charge in [-0.2, -0.15) is 0 Å². The highest BCUT2D eigenvalue weighted by Crippen LogP contribution is 2.32. The van der Waals surface area contributed by atoms with Crippen molar-refractivity contribution in [2.75, 3.05) is 19.0 Å². The van der Waals surface area contributed by atoms with Crippen molar-refractivity contribution in [3.8, 4) is 0 Å². The van der Waals surface area contributed by atoms with E-state index in [0.717, 1.165) is 41.6 Å². The second kappa shape index (κ2) is 7.40. The predicted octanol–water partition coefficient (Wildman–Crippen LogP) is 3.19. The molecule has 1 aromatic carbocycles. The summed E-state index contributed by atoms with van der Waals surface area (Å²) in [5, 5.41) is 3.81. The fourth-order valence-corrected chi connectivity index (χ4v) is 4.09. The number of nitrogens with zero attached hydrogens (tertiary/aromatic N) is 2. The molecule has 0 aliphatic carbocycles. The average molecular weight is 345 g/mol. The second-order valence-corrected chi connectivity index (χ2v) is 7.17. The number of amides is 1. The summed E-state index contributed by atoms with van der Waals surface area (Å²) in [7, 11) is 1.70. The molecule has 1 atom stereocenters. The monoisotopic (exact) mass is 345 g/mol. The lowest BCUT2D eigenvalue weighted by atomic mass is 10.1. The van der Waals surface area contributed by atoms with Crippen molar-refractivity contribution in [1.82, 2.24) is 9.55 Å². The Bertz CT molecular complexity index is 742. The molecule has 1 aromatic heterocycles. The van der Waals surface area contributed by atoms with Crippen LogP contribution >= 0.6 is 11.8 Å². The third-order valence-corrected chi connectivity index (χ3v) is 5.69. The van der Waals surface area contributed by atoms with Gasteiger partial charge in [-0.05, 0) is 38.3 Å². The maximum Gasteiger partial charge on any atom is 0.237 e. The number of thioether (sulfide) groups is 1. The zero-order chi connectivity index (χ0) is 17.1. The number of hydrogen-bond acceptors (Lipinski definition) is 4. The number of rotatable bonds is 5. The van der Waals surface area contributed by atoms with Gasteiger partial charge in [-0.25, -0.2) is 4.98 Å². The van der Waals surface area contributed by atoms with Crippen LogP contribution in [0.1, 0.15) is 23.4 Å². The van der Waals surface area contributed by atoms with Gasteiger partial charge in [-0.3, -0.25) is 4.79 Å². The summed E-state index contributed by atoms with van der Waals surface area (Å²) < 4.78 is 7.35. The van der Waals surface area contributed by atoms with Crippen LogP contribution in [0.5, 0.6) is 0 Å². The summed E-state index contributed by atoms with van der Waals surface area (Å²) in [6.07, 6.45) is 1.70. The number of hydrogen-bond donors (Lipinski definition) is 1. The van der Waals surface area contributed by atoms with Gasteiger partial charge in [-0.1, -0.05) is 30.0 Å². The molecule has 0 radical (unpaired) electrons. The summed E-state index contributed by atoms with van der Waals surface area (Å²) in [4.78, 5) is 17.3. The molecule has 24 heavy (non-hydrogen) atoms.